The van der Waals surface area contributed by atoms with Crippen molar-refractivity contribution < 1.29 is 24.1 Å². The Morgan fingerprint density at radius 2 is 1.93 bits per heavy atom. The van der Waals surface area contributed by atoms with Crippen LogP contribution in [0, 0.1) is 6.92 Å². The first-order chi connectivity index (χ1) is 21.5. The van der Waals surface area contributed by atoms with Crippen LogP contribution in [0.4, 0.5) is 5.82 Å². The Hall–Kier alpha value is -4.22. The van der Waals surface area contributed by atoms with Crippen LogP contribution in [0.1, 0.15) is 75.4 Å². The zero-order valence-corrected chi connectivity index (χ0v) is 26.7. The Balaban J connectivity index is 1.47. The predicted molar refractivity (Wildman–Crippen MR) is 170 cm³/mol. The fourth-order valence-corrected chi connectivity index (χ4v) is 6.01. The minimum atomic E-state index is -1.23. The number of aryl methyl sites for hydroxylation is 1. The molecular formula is C34H42N6O5. The molecule has 238 valence electrons. The molecule has 4 aromatic rings. The van der Waals surface area contributed by atoms with Crippen LogP contribution in [0.15, 0.2) is 54.9 Å². The van der Waals surface area contributed by atoms with Crippen molar-refractivity contribution >= 4 is 17.4 Å². The summed E-state index contributed by atoms with van der Waals surface area (Å²) >= 11 is 0. The second kappa shape index (κ2) is 12.3. The molecule has 1 fully saturated rings. The molecule has 3 aromatic heterocycles. The summed E-state index contributed by atoms with van der Waals surface area (Å²) in [5, 5.41) is 20.0. The highest BCUT2D eigenvalue weighted by molar-refractivity contribution is 5.78. The van der Waals surface area contributed by atoms with Crippen LogP contribution >= 0.6 is 0 Å². The summed E-state index contributed by atoms with van der Waals surface area (Å²) in [6.07, 6.45) is 9.69. The molecule has 0 spiro atoms. The van der Waals surface area contributed by atoms with E-state index in [0.29, 0.717) is 61.3 Å². The lowest BCUT2D eigenvalue weighted by atomic mass is 9.92. The smallest absolute Gasteiger partial charge is 0.337 e. The van der Waals surface area contributed by atoms with Crippen LogP contribution in [0.2, 0.25) is 0 Å². The van der Waals surface area contributed by atoms with Gasteiger partial charge in [0.25, 0.3) is 0 Å². The number of carbonyl (C=O) groups is 1. The summed E-state index contributed by atoms with van der Waals surface area (Å²) in [7, 11) is 0. The van der Waals surface area contributed by atoms with Crippen molar-refractivity contribution in [1.82, 2.24) is 24.4 Å². The fraction of sp³-hybridized carbons (Fsp3) is 0.471. The summed E-state index contributed by atoms with van der Waals surface area (Å²) in [6, 6.07) is 9.94. The summed E-state index contributed by atoms with van der Waals surface area (Å²) < 4.78 is 22.2. The number of para-hydroxylation sites is 1. The van der Waals surface area contributed by atoms with E-state index in [1.54, 1.807) is 9.20 Å². The van der Waals surface area contributed by atoms with Crippen molar-refractivity contribution in [3.05, 3.63) is 77.3 Å². The van der Waals surface area contributed by atoms with Gasteiger partial charge in [-0.25, -0.2) is 14.5 Å². The van der Waals surface area contributed by atoms with Crippen molar-refractivity contribution in [1.29, 1.82) is 0 Å². The summed E-state index contributed by atoms with van der Waals surface area (Å²) in [6.45, 7) is 12.0. The molecule has 0 radical (unpaired) electrons. The van der Waals surface area contributed by atoms with Gasteiger partial charge in [-0.2, -0.15) is 9.61 Å². The van der Waals surface area contributed by atoms with E-state index in [4.69, 9.17) is 24.3 Å². The number of carboxylic acids is 1. The minimum Gasteiger partial charge on any atom is -0.493 e. The van der Waals surface area contributed by atoms with E-state index in [-0.39, 0.29) is 5.60 Å². The first-order valence-corrected chi connectivity index (χ1v) is 15.6. The highest BCUT2D eigenvalue weighted by Gasteiger charge is 2.37. The molecule has 11 heteroatoms. The highest BCUT2D eigenvalue weighted by Crippen LogP contribution is 2.38. The number of anilines is 1. The molecule has 7 rings (SSSR count). The zero-order valence-electron chi connectivity index (χ0n) is 26.7. The molecule has 0 unspecified atom stereocenters. The largest absolute Gasteiger partial charge is 0.493 e. The maximum absolute atomic E-state index is 12.7. The Morgan fingerprint density at radius 1 is 1.16 bits per heavy atom. The zero-order chi connectivity index (χ0) is 31.8. The monoisotopic (exact) mass is 614 g/mol. The number of rotatable bonds is 3. The molecule has 0 amide bonds. The second-order valence-electron chi connectivity index (χ2n) is 13.1. The predicted octanol–water partition coefficient (Wildman–Crippen LogP) is 5.47. The van der Waals surface area contributed by atoms with Gasteiger partial charge in [0, 0.05) is 37.5 Å². The van der Waals surface area contributed by atoms with Crippen molar-refractivity contribution in [3.8, 4) is 11.6 Å². The number of carboxylic acid groups (broad SMARTS) is 1. The Labute approximate surface area is 263 Å². The molecule has 45 heavy (non-hydrogen) atoms. The summed E-state index contributed by atoms with van der Waals surface area (Å²) in [5.74, 6) is 1.04. The van der Waals surface area contributed by atoms with Crippen molar-refractivity contribution in [3.63, 3.8) is 0 Å². The van der Waals surface area contributed by atoms with Gasteiger partial charge in [-0.05, 0) is 71.1 Å². The van der Waals surface area contributed by atoms with Crippen LogP contribution < -0.4 is 9.64 Å². The van der Waals surface area contributed by atoms with E-state index in [9.17, 15) is 9.90 Å². The lowest BCUT2D eigenvalue weighted by Crippen LogP contribution is -2.45. The number of nitrogens with zero attached hydrogens (tertiary/aromatic N) is 6. The molecule has 0 aliphatic carbocycles. The average molecular weight is 615 g/mol. The van der Waals surface area contributed by atoms with E-state index in [1.807, 2.05) is 64.4 Å². The average Bonchev–Trinajstić information content (AvgIpc) is 3.62. The van der Waals surface area contributed by atoms with Gasteiger partial charge >= 0.3 is 5.97 Å². The third-order valence-electron chi connectivity index (χ3n) is 8.34. The molecule has 1 saturated heterocycles. The van der Waals surface area contributed by atoms with E-state index in [0.717, 1.165) is 36.1 Å². The first kappa shape index (κ1) is 30.8. The van der Waals surface area contributed by atoms with Crippen LogP contribution in [-0.4, -0.2) is 73.0 Å². The number of benzene rings is 1. The molecule has 1 aromatic carbocycles. The minimum absolute atomic E-state index is 0.314. The Kier molecular flexibility index (Phi) is 8.41. The maximum atomic E-state index is 12.7. The molecule has 1 atom stereocenters. The Morgan fingerprint density at radius 3 is 2.69 bits per heavy atom. The van der Waals surface area contributed by atoms with Crippen molar-refractivity contribution in [2.45, 2.75) is 77.6 Å². The molecule has 0 saturated carbocycles. The van der Waals surface area contributed by atoms with Crippen LogP contribution in [-0.2, 0) is 20.7 Å². The number of fused-ring (bicyclic) bond motifs is 7. The van der Waals surface area contributed by atoms with Gasteiger partial charge in [0.15, 0.2) is 17.6 Å². The van der Waals surface area contributed by atoms with Crippen LogP contribution in [0.5, 0.6) is 5.75 Å². The van der Waals surface area contributed by atoms with Gasteiger partial charge in [0.1, 0.15) is 11.6 Å². The number of piperidine rings is 1. The van der Waals surface area contributed by atoms with Crippen molar-refractivity contribution in [2.24, 2.45) is 0 Å². The quantitative estimate of drug-likeness (QED) is 0.300. The molecule has 6 bridgehead atoms. The summed E-state index contributed by atoms with van der Waals surface area (Å²) in [4.78, 5) is 19.8. The topological polar surface area (TPSA) is 116 Å². The van der Waals surface area contributed by atoms with E-state index in [1.165, 1.54) is 0 Å². The third kappa shape index (κ3) is 6.74. The molecule has 3 aliphatic heterocycles. The second-order valence-corrected chi connectivity index (χ2v) is 13.1. The van der Waals surface area contributed by atoms with Gasteiger partial charge in [-0.1, -0.05) is 30.4 Å². The lowest BCUT2D eigenvalue weighted by molar-refractivity contribution is -0.160. The van der Waals surface area contributed by atoms with Crippen molar-refractivity contribution in [2.75, 3.05) is 31.2 Å². The highest BCUT2D eigenvalue weighted by atomic mass is 16.5. The van der Waals surface area contributed by atoms with Crippen LogP contribution in [0.25, 0.3) is 11.5 Å². The van der Waals surface area contributed by atoms with E-state index >= 15 is 0 Å². The van der Waals surface area contributed by atoms with Crippen LogP contribution in [0.3, 0.4) is 0 Å². The maximum Gasteiger partial charge on any atom is 0.337 e. The molecule has 6 heterocycles. The van der Waals surface area contributed by atoms with E-state index in [2.05, 4.69) is 35.1 Å². The van der Waals surface area contributed by atoms with Gasteiger partial charge in [0.05, 0.1) is 36.2 Å². The van der Waals surface area contributed by atoms with Gasteiger partial charge < -0.3 is 24.2 Å². The first-order valence-electron chi connectivity index (χ1n) is 15.6. The van der Waals surface area contributed by atoms with Gasteiger partial charge in [-0.3, -0.25) is 0 Å². The normalized spacial score (nSPS) is 18.6. The van der Waals surface area contributed by atoms with E-state index < -0.39 is 17.7 Å². The molecular weight excluding hydrogens is 572 g/mol. The standard InChI is InChI=1S/C34H42N6O5/c1-23-29(30(32(41)42)45-33(2,3)4)31-38-15-13-34(5,14-16-38)44-18-10-6-9-17-43-26-12-8-7-11-25(26)19-24-21-35-39(22-24)28-20-27(36-23)40(31)37-28/h6-8,10-12,20-22,30H,9,13-19H2,1-5H3,(H,41,42)/b10-6+/t30-/m0/s1. The lowest BCUT2D eigenvalue weighted by Gasteiger charge is -2.41. The Bertz CT molecular complexity index is 1710. The van der Waals surface area contributed by atoms with Gasteiger partial charge in [-0.15, -0.1) is 5.10 Å². The number of aromatic nitrogens is 5. The molecule has 11 nitrogen and oxygen atoms in total. The molecule has 1 N–H and O–H groups in total. The number of hydrogen-bond donors (Lipinski definition) is 1. The number of hydrogen-bond acceptors (Lipinski definition) is 8. The SMILES string of the molecule is Cc1nc2cc3nn2c(c1[C@H](OC(C)(C)C)C(=O)O)N1CCC(C)(CC1)OC/C=C/CCOc1ccccc1Cc1cnn-3c1. The van der Waals surface area contributed by atoms with Gasteiger partial charge in [0.2, 0.25) is 0 Å². The third-order valence-corrected chi connectivity index (χ3v) is 8.34. The number of aliphatic carboxylic acids is 1. The molecule has 3 aliphatic rings. The summed E-state index contributed by atoms with van der Waals surface area (Å²) in [5.41, 5.74) is 2.77. The number of ether oxygens (including phenoxy) is 3. The fourth-order valence-electron chi connectivity index (χ4n) is 6.01.